The van der Waals surface area contributed by atoms with Gasteiger partial charge in [0.05, 0.1) is 5.56 Å². The highest BCUT2D eigenvalue weighted by Gasteiger charge is 2.11. The van der Waals surface area contributed by atoms with Gasteiger partial charge >= 0.3 is 0 Å². The van der Waals surface area contributed by atoms with Gasteiger partial charge in [-0.3, -0.25) is 4.79 Å². The Balaban J connectivity index is 1.59. The lowest BCUT2D eigenvalue weighted by molar-refractivity contribution is 0.463. The second-order valence-electron chi connectivity index (χ2n) is 6.45. The normalized spacial score (nSPS) is 11.1. The molecule has 0 bridgehead atoms. The number of nitrogens with zero attached hydrogens (tertiary/aromatic N) is 1. The average molecular weight is 344 g/mol. The third kappa shape index (κ3) is 3.14. The van der Waals surface area contributed by atoms with Gasteiger partial charge in [0, 0.05) is 36.3 Å². The molecule has 0 fully saturated rings. The van der Waals surface area contributed by atoms with Gasteiger partial charge in [-0.15, -0.1) is 0 Å². The van der Waals surface area contributed by atoms with Crippen LogP contribution < -0.4 is 5.56 Å². The SMILES string of the molecule is O=c1c(Cc2ccccc2)c(O)ccn1CCc1c[nH]c2ccccc12. The molecule has 4 aromatic rings. The average Bonchev–Trinajstić information content (AvgIpc) is 3.09. The summed E-state index contributed by atoms with van der Waals surface area (Å²) in [5.41, 5.74) is 3.61. The maximum absolute atomic E-state index is 12.8. The zero-order valence-electron chi connectivity index (χ0n) is 14.4. The molecule has 4 rings (SSSR count). The third-order valence-corrected chi connectivity index (χ3v) is 4.76. The van der Waals surface area contributed by atoms with Crippen molar-refractivity contribution in [2.45, 2.75) is 19.4 Å². The molecule has 0 unspecified atom stereocenters. The molecule has 2 N–H and O–H groups in total. The molecule has 130 valence electrons. The van der Waals surface area contributed by atoms with Gasteiger partial charge in [-0.1, -0.05) is 48.5 Å². The molecule has 0 aliphatic heterocycles. The molecule has 0 spiro atoms. The number of aryl methyl sites for hydroxylation is 2. The maximum atomic E-state index is 12.8. The minimum Gasteiger partial charge on any atom is -0.507 e. The first-order valence-corrected chi connectivity index (χ1v) is 8.72. The lowest BCUT2D eigenvalue weighted by Crippen LogP contribution is -2.24. The molecular weight excluding hydrogens is 324 g/mol. The molecule has 0 atom stereocenters. The Morgan fingerprint density at radius 1 is 0.962 bits per heavy atom. The van der Waals surface area contributed by atoms with Crippen molar-refractivity contribution in [1.82, 2.24) is 9.55 Å². The van der Waals surface area contributed by atoms with Crippen molar-refractivity contribution in [3.8, 4) is 5.75 Å². The molecule has 0 aliphatic carbocycles. The number of aromatic nitrogens is 2. The summed E-state index contributed by atoms with van der Waals surface area (Å²) in [6.45, 7) is 0.572. The van der Waals surface area contributed by atoms with Crippen LogP contribution in [-0.2, 0) is 19.4 Å². The molecule has 2 aromatic heterocycles. The van der Waals surface area contributed by atoms with Crippen molar-refractivity contribution >= 4 is 10.9 Å². The van der Waals surface area contributed by atoms with Crippen LogP contribution in [0.15, 0.2) is 77.9 Å². The summed E-state index contributed by atoms with van der Waals surface area (Å²) < 4.78 is 1.68. The number of aromatic hydroxyl groups is 1. The van der Waals surface area contributed by atoms with Gasteiger partial charge in [-0.25, -0.2) is 0 Å². The number of pyridine rings is 1. The van der Waals surface area contributed by atoms with E-state index in [0.29, 0.717) is 18.5 Å². The highest BCUT2D eigenvalue weighted by Crippen LogP contribution is 2.19. The first-order chi connectivity index (χ1) is 12.7. The third-order valence-electron chi connectivity index (χ3n) is 4.76. The zero-order chi connectivity index (χ0) is 17.9. The number of para-hydroxylation sites is 1. The number of rotatable bonds is 5. The van der Waals surface area contributed by atoms with E-state index in [1.807, 2.05) is 54.7 Å². The molecule has 4 heteroatoms. The van der Waals surface area contributed by atoms with Crippen molar-refractivity contribution in [2.75, 3.05) is 0 Å². The van der Waals surface area contributed by atoms with Crippen LogP contribution in [0.3, 0.4) is 0 Å². The Morgan fingerprint density at radius 2 is 1.73 bits per heavy atom. The molecule has 0 saturated carbocycles. The van der Waals surface area contributed by atoms with E-state index in [2.05, 4.69) is 11.1 Å². The molecule has 2 heterocycles. The number of hydrogen-bond donors (Lipinski definition) is 2. The molecule has 26 heavy (non-hydrogen) atoms. The number of fused-ring (bicyclic) bond motifs is 1. The number of benzene rings is 2. The van der Waals surface area contributed by atoms with E-state index in [4.69, 9.17) is 0 Å². The predicted octanol–water partition coefficient (Wildman–Crippen LogP) is 3.87. The minimum absolute atomic E-state index is 0.0576. The van der Waals surface area contributed by atoms with Crippen molar-refractivity contribution in [1.29, 1.82) is 0 Å². The molecule has 0 amide bonds. The molecule has 0 aliphatic rings. The standard InChI is InChI=1S/C22H20N2O2/c25-21-11-13-24(22(26)19(21)14-16-6-2-1-3-7-16)12-10-17-15-23-20-9-5-4-8-18(17)20/h1-9,11,13,15,23,25H,10,12,14H2. The number of nitrogens with one attached hydrogen (secondary N) is 1. The van der Waals surface area contributed by atoms with Crippen LogP contribution in [0.4, 0.5) is 0 Å². The van der Waals surface area contributed by atoms with Crippen LogP contribution in [0.2, 0.25) is 0 Å². The van der Waals surface area contributed by atoms with E-state index in [1.165, 1.54) is 10.9 Å². The van der Waals surface area contributed by atoms with Gasteiger partial charge in [-0.05, 0) is 29.7 Å². The Bertz CT molecular complexity index is 1090. The van der Waals surface area contributed by atoms with Gasteiger partial charge in [0.1, 0.15) is 5.75 Å². The summed E-state index contributed by atoms with van der Waals surface area (Å²) >= 11 is 0. The van der Waals surface area contributed by atoms with Crippen molar-refractivity contribution < 1.29 is 5.11 Å². The van der Waals surface area contributed by atoms with E-state index in [1.54, 1.807) is 16.8 Å². The summed E-state index contributed by atoms with van der Waals surface area (Å²) in [6.07, 6.45) is 4.85. The van der Waals surface area contributed by atoms with Gasteiger partial charge in [0.2, 0.25) is 0 Å². The van der Waals surface area contributed by atoms with Crippen molar-refractivity contribution in [3.63, 3.8) is 0 Å². The van der Waals surface area contributed by atoms with Crippen LogP contribution in [0.1, 0.15) is 16.7 Å². The summed E-state index contributed by atoms with van der Waals surface area (Å²) in [7, 11) is 0. The van der Waals surface area contributed by atoms with Crippen molar-refractivity contribution in [2.24, 2.45) is 0 Å². The number of H-pyrrole nitrogens is 1. The second-order valence-corrected chi connectivity index (χ2v) is 6.45. The lowest BCUT2D eigenvalue weighted by atomic mass is 10.1. The second kappa shape index (κ2) is 6.92. The Kier molecular flexibility index (Phi) is 4.32. The molecule has 0 radical (unpaired) electrons. The number of aromatic amines is 1. The maximum Gasteiger partial charge on any atom is 0.257 e. The Morgan fingerprint density at radius 3 is 2.58 bits per heavy atom. The molecule has 2 aromatic carbocycles. The molecular formula is C22H20N2O2. The van der Waals surface area contributed by atoms with E-state index in [9.17, 15) is 9.90 Å². The van der Waals surface area contributed by atoms with Crippen LogP contribution >= 0.6 is 0 Å². The van der Waals surface area contributed by atoms with Crippen LogP contribution in [0.25, 0.3) is 10.9 Å². The van der Waals surface area contributed by atoms with Crippen LogP contribution in [-0.4, -0.2) is 14.7 Å². The zero-order valence-corrected chi connectivity index (χ0v) is 14.4. The summed E-state index contributed by atoms with van der Waals surface area (Å²) in [6, 6.07) is 19.5. The first-order valence-electron chi connectivity index (χ1n) is 8.72. The largest absolute Gasteiger partial charge is 0.507 e. The van der Waals surface area contributed by atoms with Gasteiger partial charge in [0.15, 0.2) is 0 Å². The van der Waals surface area contributed by atoms with E-state index >= 15 is 0 Å². The smallest absolute Gasteiger partial charge is 0.257 e. The first kappa shape index (κ1) is 16.2. The van der Waals surface area contributed by atoms with E-state index in [0.717, 1.165) is 17.5 Å². The quantitative estimate of drug-likeness (QED) is 0.577. The molecule has 4 nitrogen and oxygen atoms in total. The molecule has 0 saturated heterocycles. The van der Waals surface area contributed by atoms with Gasteiger partial charge < -0.3 is 14.7 Å². The summed E-state index contributed by atoms with van der Waals surface area (Å²) in [5, 5.41) is 11.3. The van der Waals surface area contributed by atoms with E-state index in [-0.39, 0.29) is 11.3 Å². The summed E-state index contributed by atoms with van der Waals surface area (Å²) in [5.74, 6) is 0.0576. The number of hydrogen-bond acceptors (Lipinski definition) is 2. The highest BCUT2D eigenvalue weighted by molar-refractivity contribution is 5.82. The topological polar surface area (TPSA) is 58.0 Å². The monoisotopic (exact) mass is 344 g/mol. The van der Waals surface area contributed by atoms with Gasteiger partial charge in [-0.2, -0.15) is 0 Å². The van der Waals surface area contributed by atoms with E-state index < -0.39 is 0 Å². The minimum atomic E-state index is -0.131. The fraction of sp³-hybridized carbons (Fsp3) is 0.136. The lowest BCUT2D eigenvalue weighted by Gasteiger charge is -2.10. The van der Waals surface area contributed by atoms with Gasteiger partial charge in [0.25, 0.3) is 5.56 Å². The van der Waals surface area contributed by atoms with Crippen LogP contribution in [0, 0.1) is 0 Å². The van der Waals surface area contributed by atoms with Crippen LogP contribution in [0.5, 0.6) is 5.75 Å². The summed E-state index contributed by atoms with van der Waals surface area (Å²) in [4.78, 5) is 16.1. The fourth-order valence-corrected chi connectivity index (χ4v) is 3.33. The fourth-order valence-electron chi connectivity index (χ4n) is 3.33. The Labute approximate surface area is 151 Å². The Hall–Kier alpha value is -3.27. The van der Waals surface area contributed by atoms with Crippen molar-refractivity contribution in [3.05, 3.63) is 100 Å². The predicted molar refractivity (Wildman–Crippen MR) is 104 cm³/mol. The highest BCUT2D eigenvalue weighted by atomic mass is 16.3.